The lowest BCUT2D eigenvalue weighted by molar-refractivity contribution is 1.35. The molecule has 10 nitrogen and oxygen atoms in total. The second kappa shape index (κ2) is 24.2. The summed E-state index contributed by atoms with van der Waals surface area (Å²) in [7, 11) is 0. The van der Waals surface area contributed by atoms with Gasteiger partial charge in [0.05, 0.1) is 72.6 Å². The number of rotatable bonds is 8. The van der Waals surface area contributed by atoms with E-state index in [4.69, 9.17) is 24.9 Å². The Morgan fingerprint density at radius 3 is 1.01 bits per heavy atom. The molecule has 10 aromatic heterocycles. The standard InChI is InChI=1S/2C45H27N5/c1-3-28-22-24-46-27-38(28)37(5-1)41-21-17-32-11-15-36(26-43(32)49-41)35-14-10-31-16-19-39(48-42(31)25-35)29-6-8-30(9-7-29)40-20-18-34-13-12-33-4-2-23-47-44(33)45(34)50-40;1-3-28-20-23-46-27-39(28)37(5-1)41-19-16-32-11-13-35(26-43(32)50-41)34-12-10-31-15-18-40(49-42(31)25-34)30-8-6-29(7-9-30)36-21-24-48-45-38(36)17-14-33-4-2-22-47-44(33)45/h2*1-27H. The van der Waals surface area contributed by atoms with Gasteiger partial charge in [-0.15, -0.1) is 0 Å². The van der Waals surface area contributed by atoms with Crippen molar-refractivity contribution in [2.24, 2.45) is 0 Å². The molecular formula is C90H54N10. The molecule has 0 unspecified atom stereocenters. The maximum atomic E-state index is 5.12. The van der Waals surface area contributed by atoms with Crippen LogP contribution in [0.5, 0.6) is 0 Å². The molecule has 0 aliphatic rings. The van der Waals surface area contributed by atoms with Crippen molar-refractivity contribution in [3.05, 3.63) is 328 Å². The van der Waals surface area contributed by atoms with E-state index < -0.39 is 0 Å². The van der Waals surface area contributed by atoms with Crippen LogP contribution in [0.25, 0.3) is 198 Å². The molecule has 0 N–H and O–H groups in total. The summed E-state index contributed by atoms with van der Waals surface area (Å²) in [6, 6.07) is 99.5. The van der Waals surface area contributed by atoms with Crippen molar-refractivity contribution in [2.75, 3.05) is 0 Å². The molecule has 0 saturated carbocycles. The summed E-state index contributed by atoms with van der Waals surface area (Å²) in [5.41, 5.74) is 24.2. The first-order valence-electron chi connectivity index (χ1n) is 33.3. The number of nitrogens with zero attached hydrogens (tertiary/aromatic N) is 10. The highest BCUT2D eigenvalue weighted by Crippen LogP contribution is 2.38. The Labute approximate surface area is 573 Å². The molecule has 20 rings (SSSR count). The van der Waals surface area contributed by atoms with Crippen LogP contribution in [0.1, 0.15) is 0 Å². The summed E-state index contributed by atoms with van der Waals surface area (Å²) in [4.78, 5) is 48.1. The lowest BCUT2D eigenvalue weighted by Crippen LogP contribution is -1.90. The Morgan fingerprint density at radius 1 is 0.180 bits per heavy atom. The fourth-order valence-corrected chi connectivity index (χ4v) is 14.0. The molecule has 10 heterocycles. The van der Waals surface area contributed by atoms with Crippen LogP contribution in [0, 0.1) is 0 Å². The highest BCUT2D eigenvalue weighted by Gasteiger charge is 2.15. The Morgan fingerprint density at radius 2 is 0.530 bits per heavy atom. The van der Waals surface area contributed by atoms with Gasteiger partial charge >= 0.3 is 0 Å². The second-order valence-electron chi connectivity index (χ2n) is 25.2. The van der Waals surface area contributed by atoms with Gasteiger partial charge in [-0.3, -0.25) is 24.9 Å². The molecule has 10 aromatic carbocycles. The van der Waals surface area contributed by atoms with Gasteiger partial charge in [0.2, 0.25) is 0 Å². The molecule has 0 bridgehead atoms. The van der Waals surface area contributed by atoms with Crippen molar-refractivity contribution in [1.82, 2.24) is 49.8 Å². The minimum atomic E-state index is 0.918. The van der Waals surface area contributed by atoms with Crippen LogP contribution in [-0.4, -0.2) is 49.8 Å². The van der Waals surface area contributed by atoms with Gasteiger partial charge in [-0.25, -0.2) is 24.9 Å². The zero-order chi connectivity index (χ0) is 66.0. The predicted molar refractivity (Wildman–Crippen MR) is 409 cm³/mol. The third kappa shape index (κ3) is 10.6. The molecule has 0 radical (unpaired) electrons. The number of fused-ring (bicyclic) bond motifs is 12. The lowest BCUT2D eigenvalue weighted by atomic mass is 9.98. The summed E-state index contributed by atoms with van der Waals surface area (Å²) in [5, 5.41) is 13.3. The van der Waals surface area contributed by atoms with Crippen LogP contribution in [0.3, 0.4) is 0 Å². The highest BCUT2D eigenvalue weighted by molar-refractivity contribution is 6.09. The first kappa shape index (κ1) is 57.7. The van der Waals surface area contributed by atoms with Crippen molar-refractivity contribution < 1.29 is 0 Å². The van der Waals surface area contributed by atoms with Gasteiger partial charge in [-0.2, -0.15) is 0 Å². The summed E-state index contributed by atoms with van der Waals surface area (Å²) in [6.07, 6.45) is 13.0. The quantitative estimate of drug-likeness (QED) is 0.136. The maximum Gasteiger partial charge on any atom is 0.0972 e. The van der Waals surface area contributed by atoms with Gasteiger partial charge in [0.1, 0.15) is 0 Å². The summed E-state index contributed by atoms with van der Waals surface area (Å²) in [6.45, 7) is 0. The molecule has 0 spiro atoms. The number of hydrogen-bond donors (Lipinski definition) is 0. The summed E-state index contributed by atoms with van der Waals surface area (Å²) >= 11 is 0. The zero-order valence-electron chi connectivity index (χ0n) is 53.6. The third-order valence-electron chi connectivity index (χ3n) is 19.2. The van der Waals surface area contributed by atoms with Crippen LogP contribution in [0.2, 0.25) is 0 Å². The van der Waals surface area contributed by atoms with Crippen molar-refractivity contribution in [3.63, 3.8) is 0 Å². The van der Waals surface area contributed by atoms with Crippen LogP contribution in [-0.2, 0) is 0 Å². The molecule has 0 aliphatic heterocycles. The molecule has 0 atom stereocenters. The van der Waals surface area contributed by atoms with E-state index >= 15 is 0 Å². The fraction of sp³-hybridized carbons (Fsp3) is 0. The minimum Gasteiger partial charge on any atom is -0.264 e. The van der Waals surface area contributed by atoms with Gasteiger partial charge < -0.3 is 0 Å². The van der Waals surface area contributed by atoms with E-state index in [9.17, 15) is 0 Å². The smallest absolute Gasteiger partial charge is 0.0972 e. The first-order chi connectivity index (χ1) is 49.5. The first-order valence-corrected chi connectivity index (χ1v) is 33.3. The van der Waals surface area contributed by atoms with Crippen LogP contribution >= 0.6 is 0 Å². The van der Waals surface area contributed by atoms with Crippen LogP contribution in [0.15, 0.2) is 328 Å². The summed E-state index contributed by atoms with van der Waals surface area (Å²) < 4.78 is 0. The number of aromatic nitrogens is 10. The van der Waals surface area contributed by atoms with Crippen LogP contribution < -0.4 is 0 Å². The van der Waals surface area contributed by atoms with Crippen molar-refractivity contribution >= 4 is 109 Å². The van der Waals surface area contributed by atoms with Gasteiger partial charge in [-0.1, -0.05) is 200 Å². The van der Waals surface area contributed by atoms with Crippen molar-refractivity contribution in [2.45, 2.75) is 0 Å². The number of benzene rings is 10. The normalized spacial score (nSPS) is 11.6. The van der Waals surface area contributed by atoms with E-state index in [1.807, 2.05) is 67.6 Å². The predicted octanol–water partition coefficient (Wildman–Crippen LogP) is 22.2. The molecule has 100 heavy (non-hydrogen) atoms. The van der Waals surface area contributed by atoms with E-state index in [1.165, 1.54) is 0 Å². The Hall–Kier alpha value is -13.7. The third-order valence-corrected chi connectivity index (χ3v) is 19.2. The molecule has 464 valence electrons. The molecule has 0 saturated heterocycles. The zero-order valence-corrected chi connectivity index (χ0v) is 53.6. The average molecular weight is 1280 g/mol. The number of hydrogen-bond acceptors (Lipinski definition) is 10. The monoisotopic (exact) mass is 1270 g/mol. The largest absolute Gasteiger partial charge is 0.264 e. The van der Waals surface area contributed by atoms with E-state index in [2.05, 4.69) is 286 Å². The molecule has 10 heteroatoms. The highest BCUT2D eigenvalue weighted by atomic mass is 14.8. The molecule has 0 aliphatic carbocycles. The van der Waals surface area contributed by atoms with Crippen molar-refractivity contribution in [3.8, 4) is 89.7 Å². The Bertz CT molecular complexity index is 6620. The van der Waals surface area contributed by atoms with Gasteiger partial charge in [-0.05, 0) is 129 Å². The SMILES string of the molecule is c1cc(-c2ccc3ccc(-c4ccc5ccc(-c6ccc(-c7ccc8ccc9cccnc9c8n7)cc6)nc5c4)cc3n2)c2cnccc2c1.c1cc(-c2ccc3ccc(-c4ccc5ccc(-c6ccc(-c7ccnc8c7ccc7cccnc78)cc6)nc5c4)cc3n2)c2cnccc2c1. The minimum absolute atomic E-state index is 0.918. The molecule has 0 amide bonds. The van der Waals surface area contributed by atoms with Gasteiger partial charge in [0, 0.05) is 125 Å². The second-order valence-corrected chi connectivity index (χ2v) is 25.2. The van der Waals surface area contributed by atoms with Gasteiger partial charge in [0.25, 0.3) is 0 Å². The summed E-state index contributed by atoms with van der Waals surface area (Å²) in [5.74, 6) is 0. The average Bonchev–Trinajstić information content (AvgIpc) is 0.787. The topological polar surface area (TPSA) is 129 Å². The Balaban J connectivity index is 0.000000139. The van der Waals surface area contributed by atoms with E-state index in [-0.39, 0.29) is 0 Å². The number of pyridine rings is 10. The van der Waals surface area contributed by atoms with Gasteiger partial charge in [0.15, 0.2) is 0 Å². The fourth-order valence-electron chi connectivity index (χ4n) is 14.0. The van der Waals surface area contributed by atoms with Crippen molar-refractivity contribution in [1.29, 1.82) is 0 Å². The van der Waals surface area contributed by atoms with E-state index in [1.54, 1.807) is 0 Å². The molecular weight excluding hydrogens is 1220 g/mol. The van der Waals surface area contributed by atoms with E-state index in [0.717, 1.165) is 198 Å². The Kier molecular flexibility index (Phi) is 14.0. The van der Waals surface area contributed by atoms with Crippen LogP contribution in [0.4, 0.5) is 0 Å². The molecule has 0 fully saturated rings. The lowest BCUT2D eigenvalue weighted by Gasteiger charge is -2.10. The maximum absolute atomic E-state index is 5.12. The van der Waals surface area contributed by atoms with E-state index in [0.29, 0.717) is 0 Å². The molecule has 20 aromatic rings.